The van der Waals surface area contributed by atoms with Crippen LogP contribution in [-0.2, 0) is 11.3 Å². The molecule has 3 amide bonds. The zero-order valence-corrected chi connectivity index (χ0v) is 16.7. The van der Waals surface area contributed by atoms with E-state index in [1.165, 1.54) is 6.07 Å². The van der Waals surface area contributed by atoms with Crippen molar-refractivity contribution in [3.63, 3.8) is 0 Å². The predicted molar refractivity (Wildman–Crippen MR) is 109 cm³/mol. The number of amides is 3. The Labute approximate surface area is 183 Å². The van der Waals surface area contributed by atoms with Crippen molar-refractivity contribution in [1.82, 2.24) is 25.2 Å². The summed E-state index contributed by atoms with van der Waals surface area (Å²) in [5.74, 6) is -1.93. The number of rotatable bonds is 4. The molecule has 3 N–H and O–H groups in total. The lowest BCUT2D eigenvalue weighted by Gasteiger charge is -2.18. The van der Waals surface area contributed by atoms with Crippen molar-refractivity contribution in [2.24, 2.45) is 15.2 Å². The Balaban J connectivity index is 1.37. The van der Waals surface area contributed by atoms with Gasteiger partial charge in [-0.15, -0.1) is 5.11 Å². The third-order valence-electron chi connectivity index (χ3n) is 4.70. The number of nitrogens with one attached hydrogen (secondary N) is 3. The van der Waals surface area contributed by atoms with Gasteiger partial charge in [0.25, 0.3) is 17.7 Å². The van der Waals surface area contributed by atoms with Crippen LogP contribution in [0.25, 0.3) is 5.65 Å². The smallest absolute Gasteiger partial charge is 0.276 e. The monoisotopic (exact) mass is 451 g/mol. The van der Waals surface area contributed by atoms with E-state index in [-0.39, 0.29) is 48.7 Å². The zero-order valence-electron chi connectivity index (χ0n) is 16.7. The maximum atomic E-state index is 14.2. The third kappa shape index (κ3) is 3.96. The number of aliphatic imine (C=N–C) groups is 1. The third-order valence-corrected chi connectivity index (χ3v) is 4.70. The fraction of sp³-hybridized carbons (Fsp3) is 0.158. The number of anilines is 1. The van der Waals surface area contributed by atoms with Crippen molar-refractivity contribution in [2.45, 2.75) is 6.54 Å². The largest absolute Gasteiger partial charge is 0.482 e. The molecule has 0 saturated heterocycles. The highest BCUT2D eigenvalue weighted by molar-refractivity contribution is 6.06. The number of guanidine groups is 1. The first-order chi connectivity index (χ1) is 16.0. The molecule has 0 saturated carbocycles. The van der Waals surface area contributed by atoms with Crippen LogP contribution in [0.3, 0.4) is 0 Å². The van der Waals surface area contributed by atoms with Gasteiger partial charge in [0, 0.05) is 12.6 Å². The van der Waals surface area contributed by atoms with Crippen LogP contribution in [0.15, 0.2) is 45.7 Å². The number of benzene rings is 1. The number of aromatic nitrogens is 3. The molecule has 2 aromatic heterocycles. The average Bonchev–Trinajstić information content (AvgIpc) is 3.46. The van der Waals surface area contributed by atoms with E-state index in [2.05, 4.69) is 41.3 Å². The number of azo groups is 1. The van der Waals surface area contributed by atoms with Gasteiger partial charge in [-0.3, -0.25) is 19.7 Å². The number of fused-ring (bicyclic) bond motifs is 2. The molecule has 0 radical (unpaired) electrons. The highest BCUT2D eigenvalue weighted by Crippen LogP contribution is 2.28. The van der Waals surface area contributed by atoms with Crippen molar-refractivity contribution in [1.29, 1.82) is 0 Å². The summed E-state index contributed by atoms with van der Waals surface area (Å²) in [5, 5.41) is 18.8. The standard InChI is InChI=1S/C19H14FN9O4/c20-10-6-24-29-13(18(32)27-19-22-8-23-28-19)4-12(26-16(10)29)17(31)21-5-9-1-2-14-11(3-9)25-15(30)7-33-14/h1-4,6H,5,7-8H2,(H,21,31)(H,25,30)(H,22,27,32). The van der Waals surface area contributed by atoms with Crippen LogP contribution < -0.4 is 20.7 Å². The summed E-state index contributed by atoms with van der Waals surface area (Å²) in [6.45, 7) is 0.105. The zero-order chi connectivity index (χ0) is 22.9. The molecular weight excluding hydrogens is 437 g/mol. The van der Waals surface area contributed by atoms with Gasteiger partial charge in [0.15, 0.2) is 24.7 Å². The summed E-state index contributed by atoms with van der Waals surface area (Å²) in [4.78, 5) is 44.7. The van der Waals surface area contributed by atoms with Gasteiger partial charge in [0.1, 0.15) is 17.1 Å². The van der Waals surface area contributed by atoms with Crippen LogP contribution in [0.5, 0.6) is 5.75 Å². The summed E-state index contributed by atoms with van der Waals surface area (Å²) in [6, 6.07) is 6.24. The number of carbonyl (C=O) groups excluding carboxylic acids is 3. The van der Waals surface area contributed by atoms with Gasteiger partial charge in [-0.2, -0.15) is 10.2 Å². The second-order valence-electron chi connectivity index (χ2n) is 6.92. The lowest BCUT2D eigenvalue weighted by atomic mass is 10.1. The molecule has 0 fully saturated rings. The normalized spacial score (nSPS) is 14.3. The number of ether oxygens (including phenoxy) is 1. The molecule has 166 valence electrons. The van der Waals surface area contributed by atoms with Crippen molar-refractivity contribution < 1.29 is 23.5 Å². The molecule has 0 aliphatic carbocycles. The second kappa shape index (κ2) is 8.07. The first-order valence-corrected chi connectivity index (χ1v) is 9.59. The predicted octanol–water partition coefficient (Wildman–Crippen LogP) is 0.638. The minimum Gasteiger partial charge on any atom is -0.482 e. The van der Waals surface area contributed by atoms with Gasteiger partial charge in [-0.05, 0) is 17.7 Å². The van der Waals surface area contributed by atoms with Crippen LogP contribution in [0.4, 0.5) is 10.1 Å². The van der Waals surface area contributed by atoms with Crippen molar-refractivity contribution >= 4 is 35.0 Å². The molecule has 0 spiro atoms. The number of halogens is 1. The Kier molecular flexibility index (Phi) is 4.93. The Morgan fingerprint density at radius 1 is 1.24 bits per heavy atom. The Morgan fingerprint density at radius 3 is 2.94 bits per heavy atom. The molecule has 3 aromatic rings. The average molecular weight is 451 g/mol. The summed E-state index contributed by atoms with van der Waals surface area (Å²) >= 11 is 0. The molecule has 13 nitrogen and oxygen atoms in total. The Bertz CT molecular complexity index is 1380. The van der Waals surface area contributed by atoms with Crippen LogP contribution >= 0.6 is 0 Å². The van der Waals surface area contributed by atoms with Gasteiger partial charge in [-0.25, -0.2) is 18.9 Å². The van der Waals surface area contributed by atoms with E-state index in [0.29, 0.717) is 17.0 Å². The van der Waals surface area contributed by atoms with E-state index in [1.807, 2.05) is 0 Å². The molecule has 0 atom stereocenters. The van der Waals surface area contributed by atoms with Gasteiger partial charge in [0.2, 0.25) is 5.96 Å². The Hall–Kier alpha value is -4.75. The topological polar surface area (TPSA) is 164 Å². The molecule has 2 aliphatic rings. The molecule has 5 rings (SSSR count). The number of carbonyl (C=O) groups is 3. The highest BCUT2D eigenvalue weighted by Gasteiger charge is 2.22. The first-order valence-electron chi connectivity index (χ1n) is 9.59. The van der Waals surface area contributed by atoms with Gasteiger partial charge in [0.05, 0.1) is 11.9 Å². The number of hydrogen-bond donors (Lipinski definition) is 3. The molecule has 14 heteroatoms. The summed E-state index contributed by atoms with van der Waals surface area (Å²) < 4.78 is 20.4. The van der Waals surface area contributed by atoms with Gasteiger partial charge >= 0.3 is 0 Å². The van der Waals surface area contributed by atoms with E-state index < -0.39 is 17.6 Å². The molecule has 0 bridgehead atoms. The molecule has 1 aromatic carbocycles. The molecular formula is C19H14FN9O4. The minimum absolute atomic E-state index is 0.00734. The van der Waals surface area contributed by atoms with Crippen molar-refractivity contribution in [3.05, 3.63) is 53.2 Å². The minimum atomic E-state index is -0.804. The lowest BCUT2D eigenvalue weighted by molar-refractivity contribution is -0.118. The van der Waals surface area contributed by atoms with Crippen LogP contribution in [-0.4, -0.2) is 51.6 Å². The van der Waals surface area contributed by atoms with Crippen molar-refractivity contribution in [3.8, 4) is 5.75 Å². The van der Waals surface area contributed by atoms with E-state index in [0.717, 1.165) is 10.7 Å². The van der Waals surface area contributed by atoms with E-state index in [9.17, 15) is 18.8 Å². The maximum absolute atomic E-state index is 14.2. The van der Waals surface area contributed by atoms with Crippen molar-refractivity contribution in [2.75, 3.05) is 18.6 Å². The highest BCUT2D eigenvalue weighted by atomic mass is 19.1. The fourth-order valence-corrected chi connectivity index (χ4v) is 3.19. The fourth-order valence-electron chi connectivity index (χ4n) is 3.19. The van der Waals surface area contributed by atoms with Crippen LogP contribution in [0, 0.1) is 5.82 Å². The quantitative estimate of drug-likeness (QED) is 0.527. The number of nitrogens with zero attached hydrogens (tertiary/aromatic N) is 6. The summed E-state index contributed by atoms with van der Waals surface area (Å²) in [5.41, 5.74) is 0.525. The van der Waals surface area contributed by atoms with E-state index in [4.69, 9.17) is 4.74 Å². The number of hydrogen-bond acceptors (Lipinski definition) is 9. The SMILES string of the molecule is O=C1COc2ccc(CNC(=O)c3cc(C(=O)NC4=NCN=N4)n4ncc(F)c4n3)cc2N1. The van der Waals surface area contributed by atoms with E-state index in [1.54, 1.807) is 18.2 Å². The van der Waals surface area contributed by atoms with Gasteiger partial charge in [-0.1, -0.05) is 6.07 Å². The second-order valence-corrected chi connectivity index (χ2v) is 6.92. The Morgan fingerprint density at radius 2 is 2.12 bits per heavy atom. The lowest BCUT2D eigenvalue weighted by Crippen LogP contribution is -2.31. The molecule has 0 unspecified atom stereocenters. The van der Waals surface area contributed by atoms with E-state index >= 15 is 0 Å². The maximum Gasteiger partial charge on any atom is 0.276 e. The molecule has 4 heterocycles. The van der Waals surface area contributed by atoms with Crippen LogP contribution in [0.1, 0.15) is 26.5 Å². The molecule has 2 aliphatic heterocycles. The summed E-state index contributed by atoms with van der Waals surface area (Å²) in [6.07, 6.45) is 0.886. The van der Waals surface area contributed by atoms with Gasteiger partial charge < -0.3 is 15.4 Å². The first kappa shape index (κ1) is 20.2. The molecule has 33 heavy (non-hydrogen) atoms. The van der Waals surface area contributed by atoms with Crippen LogP contribution in [0.2, 0.25) is 0 Å². The summed E-state index contributed by atoms with van der Waals surface area (Å²) in [7, 11) is 0.